The lowest BCUT2D eigenvalue weighted by Crippen LogP contribution is -2.46. The van der Waals surface area contributed by atoms with Gasteiger partial charge in [-0.15, -0.1) is 23.7 Å². The van der Waals surface area contributed by atoms with E-state index in [2.05, 4.69) is 17.2 Å². The fraction of sp³-hybridized carbons (Fsp3) is 0.667. The molecule has 0 aromatic carbocycles. The zero-order chi connectivity index (χ0) is 13.0. The van der Waals surface area contributed by atoms with E-state index in [0.717, 1.165) is 6.42 Å². The van der Waals surface area contributed by atoms with Gasteiger partial charge in [-0.2, -0.15) is 0 Å². The number of ether oxygens (including phenoxy) is 1. The van der Waals surface area contributed by atoms with E-state index in [0.29, 0.717) is 37.7 Å². The van der Waals surface area contributed by atoms with Gasteiger partial charge in [-0.3, -0.25) is 4.79 Å². The molecule has 7 heteroatoms. The van der Waals surface area contributed by atoms with Crippen LogP contribution in [0.2, 0.25) is 0 Å². The maximum absolute atomic E-state index is 12.3. The van der Waals surface area contributed by atoms with Crippen LogP contribution in [0.15, 0.2) is 6.20 Å². The molecule has 3 N–H and O–H groups in total. The Balaban J connectivity index is 0.00000180. The minimum Gasteiger partial charge on any atom is -0.381 e. The van der Waals surface area contributed by atoms with Gasteiger partial charge < -0.3 is 15.8 Å². The zero-order valence-electron chi connectivity index (χ0n) is 11.0. The van der Waals surface area contributed by atoms with Crippen LogP contribution in [0.1, 0.15) is 24.6 Å². The topological polar surface area (TPSA) is 77.2 Å². The summed E-state index contributed by atoms with van der Waals surface area (Å²) in [5.74, 6) is -0.0229. The van der Waals surface area contributed by atoms with Crippen molar-refractivity contribution < 1.29 is 9.53 Å². The number of aromatic nitrogens is 1. The standard InChI is InChI=1S/C12H19N3O2S.ClH/c1-2-9-7-14-11(18-9)15-10(16)12(8-13)3-5-17-6-4-12;/h7H,2-6,8,13H2,1H3,(H,14,15,16);1H. The number of anilines is 1. The number of nitrogens with zero attached hydrogens (tertiary/aromatic N) is 1. The van der Waals surface area contributed by atoms with Crippen molar-refractivity contribution in [3.8, 4) is 0 Å². The van der Waals surface area contributed by atoms with Crippen LogP contribution in [0, 0.1) is 5.41 Å². The molecule has 1 aliphatic rings. The van der Waals surface area contributed by atoms with Crippen LogP contribution in [-0.4, -0.2) is 30.6 Å². The number of hydrogen-bond acceptors (Lipinski definition) is 5. The number of rotatable bonds is 4. The lowest BCUT2D eigenvalue weighted by molar-refractivity contribution is -0.130. The summed E-state index contributed by atoms with van der Waals surface area (Å²) < 4.78 is 5.30. The van der Waals surface area contributed by atoms with E-state index in [4.69, 9.17) is 10.5 Å². The number of nitrogens with two attached hydrogens (primary N) is 1. The first-order valence-corrected chi connectivity index (χ1v) is 7.06. The second kappa shape index (κ2) is 7.19. The number of carbonyl (C=O) groups is 1. The van der Waals surface area contributed by atoms with Gasteiger partial charge in [-0.1, -0.05) is 6.92 Å². The van der Waals surface area contributed by atoms with Gasteiger partial charge in [-0.05, 0) is 19.3 Å². The van der Waals surface area contributed by atoms with E-state index in [1.165, 1.54) is 16.2 Å². The number of halogens is 1. The van der Waals surface area contributed by atoms with Gasteiger partial charge in [0.25, 0.3) is 0 Å². The molecular weight excluding hydrogens is 286 g/mol. The fourth-order valence-corrected chi connectivity index (χ4v) is 2.79. The molecule has 1 aliphatic heterocycles. The third-order valence-corrected chi connectivity index (χ3v) is 4.50. The molecule has 1 aromatic heterocycles. The Morgan fingerprint density at radius 1 is 1.58 bits per heavy atom. The summed E-state index contributed by atoms with van der Waals surface area (Å²) in [4.78, 5) is 17.7. The largest absolute Gasteiger partial charge is 0.381 e. The quantitative estimate of drug-likeness (QED) is 0.889. The molecule has 0 atom stereocenters. The molecule has 0 bridgehead atoms. The lowest BCUT2D eigenvalue weighted by Gasteiger charge is -2.34. The van der Waals surface area contributed by atoms with Crippen LogP contribution in [0.3, 0.4) is 0 Å². The first-order valence-electron chi connectivity index (χ1n) is 6.24. The summed E-state index contributed by atoms with van der Waals surface area (Å²) in [5.41, 5.74) is 5.30. The number of amides is 1. The smallest absolute Gasteiger partial charge is 0.233 e. The number of hydrogen-bond donors (Lipinski definition) is 2. The Labute approximate surface area is 123 Å². The summed E-state index contributed by atoms with van der Waals surface area (Å²) in [5, 5.41) is 3.55. The number of aryl methyl sites for hydroxylation is 1. The van der Waals surface area contributed by atoms with Crippen molar-refractivity contribution >= 4 is 34.8 Å². The lowest BCUT2D eigenvalue weighted by atomic mass is 9.79. The van der Waals surface area contributed by atoms with E-state index in [1.54, 1.807) is 6.20 Å². The van der Waals surface area contributed by atoms with Crippen molar-refractivity contribution in [1.82, 2.24) is 4.98 Å². The van der Waals surface area contributed by atoms with Gasteiger partial charge in [0.2, 0.25) is 5.91 Å². The predicted molar refractivity (Wildman–Crippen MR) is 78.9 cm³/mol. The molecular formula is C12H20ClN3O2S. The molecule has 1 fully saturated rings. The Kier molecular flexibility index (Phi) is 6.19. The van der Waals surface area contributed by atoms with Crippen molar-refractivity contribution in [3.63, 3.8) is 0 Å². The molecule has 0 aliphatic carbocycles. The molecule has 0 unspecified atom stereocenters. The maximum atomic E-state index is 12.3. The number of nitrogens with one attached hydrogen (secondary N) is 1. The van der Waals surface area contributed by atoms with Crippen LogP contribution in [-0.2, 0) is 16.0 Å². The Hall–Kier alpha value is -0.690. The normalized spacial score (nSPS) is 17.6. The van der Waals surface area contributed by atoms with Crippen LogP contribution >= 0.6 is 23.7 Å². The second-order valence-electron chi connectivity index (χ2n) is 4.54. The molecule has 5 nitrogen and oxygen atoms in total. The Morgan fingerprint density at radius 2 is 2.26 bits per heavy atom. The number of thiazole rings is 1. The van der Waals surface area contributed by atoms with E-state index in [1.807, 2.05) is 0 Å². The zero-order valence-corrected chi connectivity index (χ0v) is 12.6. The fourth-order valence-electron chi connectivity index (χ4n) is 2.04. The summed E-state index contributed by atoms with van der Waals surface area (Å²) in [7, 11) is 0. The highest BCUT2D eigenvalue weighted by Crippen LogP contribution is 2.31. The summed E-state index contributed by atoms with van der Waals surface area (Å²) >= 11 is 1.52. The van der Waals surface area contributed by atoms with E-state index < -0.39 is 5.41 Å². The average molecular weight is 306 g/mol. The van der Waals surface area contributed by atoms with Crippen molar-refractivity contribution in [2.45, 2.75) is 26.2 Å². The summed E-state index contributed by atoms with van der Waals surface area (Å²) in [6.07, 6.45) is 4.10. The van der Waals surface area contributed by atoms with E-state index in [-0.39, 0.29) is 18.3 Å². The Morgan fingerprint density at radius 3 is 2.79 bits per heavy atom. The highest BCUT2D eigenvalue weighted by molar-refractivity contribution is 7.15. The molecule has 108 valence electrons. The molecule has 1 saturated heterocycles. The van der Waals surface area contributed by atoms with Crippen LogP contribution < -0.4 is 11.1 Å². The summed E-state index contributed by atoms with van der Waals surface area (Å²) in [6, 6.07) is 0. The SMILES string of the molecule is CCc1cnc(NC(=O)C2(CN)CCOCC2)s1.Cl. The van der Waals surface area contributed by atoms with E-state index >= 15 is 0 Å². The molecule has 2 heterocycles. The second-order valence-corrected chi connectivity index (χ2v) is 5.65. The third kappa shape index (κ3) is 3.66. The van der Waals surface area contributed by atoms with Crippen LogP contribution in [0.25, 0.3) is 0 Å². The molecule has 1 aromatic rings. The average Bonchev–Trinajstić information content (AvgIpc) is 2.87. The summed E-state index contributed by atoms with van der Waals surface area (Å²) in [6.45, 7) is 3.62. The van der Waals surface area contributed by atoms with E-state index in [9.17, 15) is 4.79 Å². The van der Waals surface area contributed by atoms with Crippen LogP contribution in [0.4, 0.5) is 5.13 Å². The van der Waals surface area contributed by atoms with Crippen LogP contribution in [0.5, 0.6) is 0 Å². The Bertz CT molecular complexity index is 419. The number of carbonyl (C=O) groups excluding carboxylic acids is 1. The minimum atomic E-state index is -0.490. The van der Waals surface area contributed by atoms with Gasteiger partial charge in [0.05, 0.1) is 5.41 Å². The maximum Gasteiger partial charge on any atom is 0.233 e. The highest BCUT2D eigenvalue weighted by atomic mass is 35.5. The van der Waals surface area contributed by atoms with Crippen molar-refractivity contribution in [2.24, 2.45) is 11.1 Å². The van der Waals surface area contributed by atoms with Gasteiger partial charge in [0, 0.05) is 30.8 Å². The van der Waals surface area contributed by atoms with Gasteiger partial charge in [0.1, 0.15) is 0 Å². The van der Waals surface area contributed by atoms with Crippen molar-refractivity contribution in [1.29, 1.82) is 0 Å². The molecule has 19 heavy (non-hydrogen) atoms. The first kappa shape index (κ1) is 16.4. The molecule has 2 rings (SSSR count). The monoisotopic (exact) mass is 305 g/mol. The van der Waals surface area contributed by atoms with Gasteiger partial charge in [0.15, 0.2) is 5.13 Å². The third-order valence-electron chi connectivity index (χ3n) is 3.44. The molecule has 0 spiro atoms. The van der Waals surface area contributed by atoms with Crippen molar-refractivity contribution in [2.75, 3.05) is 25.1 Å². The first-order chi connectivity index (χ1) is 8.70. The molecule has 1 amide bonds. The van der Waals surface area contributed by atoms with Crippen molar-refractivity contribution in [3.05, 3.63) is 11.1 Å². The van der Waals surface area contributed by atoms with Gasteiger partial charge in [-0.25, -0.2) is 4.98 Å². The molecule has 0 saturated carbocycles. The molecule has 0 radical (unpaired) electrons. The predicted octanol–water partition coefficient (Wildman–Crippen LogP) is 1.82. The van der Waals surface area contributed by atoms with Gasteiger partial charge >= 0.3 is 0 Å². The highest BCUT2D eigenvalue weighted by Gasteiger charge is 2.39. The minimum absolute atomic E-state index is 0.